The number of halogens is 1. The van der Waals surface area contributed by atoms with Gasteiger partial charge in [0.25, 0.3) is 0 Å². The second-order valence-corrected chi connectivity index (χ2v) is 2.69. The maximum absolute atomic E-state index is 13.3. The minimum atomic E-state index is -0.368. The van der Waals surface area contributed by atoms with E-state index in [4.69, 9.17) is 0 Å². The fourth-order valence-corrected chi connectivity index (χ4v) is 1.12. The van der Waals surface area contributed by atoms with E-state index in [1.807, 2.05) is 6.92 Å². The van der Waals surface area contributed by atoms with Crippen molar-refractivity contribution in [1.29, 1.82) is 0 Å². The van der Waals surface area contributed by atoms with Crippen molar-refractivity contribution in [2.45, 2.75) is 20.3 Å². The lowest BCUT2D eigenvalue weighted by atomic mass is 10.1. The summed E-state index contributed by atoms with van der Waals surface area (Å²) in [6.45, 7) is 3.24. The van der Waals surface area contributed by atoms with Crippen LogP contribution in [-0.2, 0) is 6.42 Å². The van der Waals surface area contributed by atoms with Crippen molar-refractivity contribution in [1.82, 2.24) is 0 Å². The van der Waals surface area contributed by atoms with E-state index >= 15 is 0 Å². The zero-order chi connectivity index (χ0) is 9.14. The Morgan fingerprint density at radius 1 is 1.50 bits per heavy atom. The van der Waals surface area contributed by atoms with Crippen LogP contribution in [0.3, 0.4) is 0 Å². The van der Waals surface area contributed by atoms with Gasteiger partial charge in [0.2, 0.25) is 0 Å². The number of rotatable bonds is 2. The van der Waals surface area contributed by atoms with Gasteiger partial charge in [-0.05, 0) is 25.0 Å². The minimum absolute atomic E-state index is 0.189. The SMILES string of the molecule is CCc1cccc(C(C)=O)c1F. The molecule has 0 atom stereocenters. The van der Waals surface area contributed by atoms with E-state index in [2.05, 4.69) is 0 Å². The average molecular weight is 166 g/mol. The molecule has 0 bridgehead atoms. The predicted molar refractivity (Wildman–Crippen MR) is 45.8 cm³/mol. The zero-order valence-electron chi connectivity index (χ0n) is 7.23. The Morgan fingerprint density at radius 2 is 2.17 bits per heavy atom. The summed E-state index contributed by atoms with van der Waals surface area (Å²) in [5, 5.41) is 0. The van der Waals surface area contributed by atoms with Crippen LogP contribution in [0.4, 0.5) is 4.39 Å². The van der Waals surface area contributed by atoms with Crippen LogP contribution in [-0.4, -0.2) is 5.78 Å². The smallest absolute Gasteiger partial charge is 0.162 e. The summed E-state index contributed by atoms with van der Waals surface area (Å²) in [7, 11) is 0. The van der Waals surface area contributed by atoms with Gasteiger partial charge in [0.05, 0.1) is 5.56 Å². The third kappa shape index (κ3) is 1.52. The van der Waals surface area contributed by atoms with E-state index < -0.39 is 0 Å². The Labute approximate surface area is 71.2 Å². The molecular formula is C10H11FO. The van der Waals surface area contributed by atoms with Crippen molar-refractivity contribution in [3.8, 4) is 0 Å². The van der Waals surface area contributed by atoms with Gasteiger partial charge in [0.1, 0.15) is 5.82 Å². The molecule has 0 amide bonds. The Morgan fingerprint density at radius 3 is 2.67 bits per heavy atom. The fraction of sp³-hybridized carbons (Fsp3) is 0.300. The summed E-state index contributed by atoms with van der Waals surface area (Å²) in [5.74, 6) is -0.588. The molecule has 64 valence electrons. The molecule has 0 heterocycles. The summed E-state index contributed by atoms with van der Waals surface area (Å²) in [5.41, 5.74) is 0.789. The molecular weight excluding hydrogens is 155 g/mol. The highest BCUT2D eigenvalue weighted by Gasteiger charge is 2.09. The molecule has 2 heteroatoms. The van der Waals surface area contributed by atoms with Crippen LogP contribution in [0.5, 0.6) is 0 Å². The first-order valence-corrected chi connectivity index (χ1v) is 3.95. The van der Waals surface area contributed by atoms with Gasteiger partial charge in [-0.15, -0.1) is 0 Å². The summed E-state index contributed by atoms with van der Waals surface area (Å²) >= 11 is 0. The molecule has 0 N–H and O–H groups in total. The first-order chi connectivity index (χ1) is 5.66. The molecule has 0 aliphatic heterocycles. The fourth-order valence-electron chi connectivity index (χ4n) is 1.12. The summed E-state index contributed by atoms with van der Waals surface area (Å²) in [6, 6.07) is 4.91. The number of aryl methyl sites for hydroxylation is 1. The quantitative estimate of drug-likeness (QED) is 0.617. The number of carbonyl (C=O) groups is 1. The molecule has 0 fully saturated rings. The van der Waals surface area contributed by atoms with E-state index in [0.717, 1.165) is 0 Å². The highest BCUT2D eigenvalue weighted by Crippen LogP contribution is 2.13. The van der Waals surface area contributed by atoms with Crippen molar-refractivity contribution in [2.24, 2.45) is 0 Å². The standard InChI is InChI=1S/C10H11FO/c1-3-8-5-4-6-9(7(2)12)10(8)11/h4-6H,3H2,1-2H3. The molecule has 0 saturated heterocycles. The largest absolute Gasteiger partial charge is 0.294 e. The Hall–Kier alpha value is -1.18. The van der Waals surface area contributed by atoms with Crippen molar-refractivity contribution in [2.75, 3.05) is 0 Å². The Kier molecular flexibility index (Phi) is 2.58. The van der Waals surface area contributed by atoms with Gasteiger partial charge >= 0.3 is 0 Å². The molecule has 1 nitrogen and oxygen atoms in total. The molecule has 0 aliphatic rings. The third-order valence-corrected chi connectivity index (χ3v) is 1.84. The van der Waals surface area contributed by atoms with Crippen LogP contribution in [0.2, 0.25) is 0 Å². The maximum atomic E-state index is 13.3. The van der Waals surface area contributed by atoms with E-state index in [9.17, 15) is 9.18 Å². The van der Waals surface area contributed by atoms with E-state index in [0.29, 0.717) is 12.0 Å². The highest BCUT2D eigenvalue weighted by atomic mass is 19.1. The number of hydrogen-bond donors (Lipinski definition) is 0. The minimum Gasteiger partial charge on any atom is -0.294 e. The molecule has 1 rings (SSSR count). The number of Topliss-reactive ketones (excluding diaryl/α,β-unsaturated/α-hetero) is 1. The van der Waals surface area contributed by atoms with Crippen LogP contribution >= 0.6 is 0 Å². The Bertz CT molecular complexity index is 305. The maximum Gasteiger partial charge on any atom is 0.162 e. The molecule has 0 unspecified atom stereocenters. The molecule has 0 spiro atoms. The van der Waals surface area contributed by atoms with Crippen LogP contribution in [0.25, 0.3) is 0 Å². The molecule has 12 heavy (non-hydrogen) atoms. The van der Waals surface area contributed by atoms with Gasteiger partial charge in [-0.2, -0.15) is 0 Å². The van der Waals surface area contributed by atoms with E-state index in [-0.39, 0.29) is 17.2 Å². The molecule has 1 aromatic carbocycles. The van der Waals surface area contributed by atoms with Crippen LogP contribution < -0.4 is 0 Å². The molecule has 0 saturated carbocycles. The first kappa shape index (κ1) is 8.91. The van der Waals surface area contributed by atoms with E-state index in [1.54, 1.807) is 12.1 Å². The van der Waals surface area contributed by atoms with Crippen LogP contribution in [0.1, 0.15) is 29.8 Å². The van der Waals surface area contributed by atoms with Gasteiger partial charge in [-0.3, -0.25) is 4.79 Å². The van der Waals surface area contributed by atoms with Gasteiger partial charge in [0.15, 0.2) is 5.78 Å². The third-order valence-electron chi connectivity index (χ3n) is 1.84. The lowest BCUT2D eigenvalue weighted by molar-refractivity contribution is 0.101. The summed E-state index contributed by atoms with van der Waals surface area (Å²) in [4.78, 5) is 10.9. The number of carbonyl (C=O) groups excluding carboxylic acids is 1. The number of ketones is 1. The van der Waals surface area contributed by atoms with Crippen molar-refractivity contribution in [3.63, 3.8) is 0 Å². The lowest BCUT2D eigenvalue weighted by Gasteiger charge is -2.02. The zero-order valence-corrected chi connectivity index (χ0v) is 7.23. The lowest BCUT2D eigenvalue weighted by Crippen LogP contribution is -2.00. The number of hydrogen-bond acceptors (Lipinski definition) is 1. The monoisotopic (exact) mass is 166 g/mol. The van der Waals surface area contributed by atoms with Crippen molar-refractivity contribution in [3.05, 3.63) is 35.1 Å². The first-order valence-electron chi connectivity index (χ1n) is 3.95. The summed E-state index contributed by atoms with van der Waals surface area (Å²) < 4.78 is 13.3. The summed E-state index contributed by atoms with van der Waals surface area (Å²) in [6.07, 6.45) is 0.618. The normalized spacial score (nSPS) is 9.92. The van der Waals surface area contributed by atoms with Gasteiger partial charge < -0.3 is 0 Å². The molecule has 1 aromatic rings. The van der Waals surface area contributed by atoms with Crippen molar-refractivity contribution >= 4 is 5.78 Å². The molecule has 0 radical (unpaired) electrons. The van der Waals surface area contributed by atoms with E-state index in [1.165, 1.54) is 13.0 Å². The van der Waals surface area contributed by atoms with Crippen molar-refractivity contribution < 1.29 is 9.18 Å². The number of benzene rings is 1. The van der Waals surface area contributed by atoms with Gasteiger partial charge in [-0.25, -0.2) is 4.39 Å². The van der Waals surface area contributed by atoms with Gasteiger partial charge in [-0.1, -0.05) is 19.1 Å². The van der Waals surface area contributed by atoms with Crippen LogP contribution in [0.15, 0.2) is 18.2 Å². The van der Waals surface area contributed by atoms with Gasteiger partial charge in [0, 0.05) is 0 Å². The predicted octanol–water partition coefficient (Wildman–Crippen LogP) is 2.59. The Balaban J connectivity index is 3.23. The van der Waals surface area contributed by atoms with Crippen LogP contribution in [0, 0.1) is 5.82 Å². The molecule has 0 aromatic heterocycles. The second-order valence-electron chi connectivity index (χ2n) is 2.69. The highest BCUT2D eigenvalue weighted by molar-refractivity contribution is 5.94. The second kappa shape index (κ2) is 3.48. The molecule has 0 aliphatic carbocycles. The average Bonchev–Trinajstić information content (AvgIpc) is 2.04. The topological polar surface area (TPSA) is 17.1 Å².